The van der Waals surface area contributed by atoms with Gasteiger partial charge in [0.25, 0.3) is 0 Å². The molecule has 0 fully saturated rings. The van der Waals surface area contributed by atoms with Gasteiger partial charge in [0.2, 0.25) is 0 Å². The van der Waals surface area contributed by atoms with E-state index in [-0.39, 0.29) is 5.75 Å². The molecule has 0 bridgehead atoms. The van der Waals surface area contributed by atoms with Crippen LogP contribution < -0.4 is 9.47 Å². The summed E-state index contributed by atoms with van der Waals surface area (Å²) in [7, 11) is 0. The minimum absolute atomic E-state index is 0.282. The zero-order valence-corrected chi connectivity index (χ0v) is 12.8. The summed E-state index contributed by atoms with van der Waals surface area (Å²) in [4.78, 5) is 11.8. The van der Waals surface area contributed by atoms with Crippen molar-refractivity contribution in [2.45, 2.75) is 26.9 Å². The van der Waals surface area contributed by atoms with Crippen LogP contribution in [0.15, 0.2) is 36.4 Å². The molecular formula is C17H15F3O3. The second-order valence-corrected chi connectivity index (χ2v) is 5.18. The molecule has 2 aromatic carbocycles. The smallest absolute Gasteiger partial charge is 0.394 e. The molecule has 0 spiro atoms. The van der Waals surface area contributed by atoms with Gasteiger partial charge in [-0.1, -0.05) is 29.8 Å². The Hall–Kier alpha value is -2.50. The normalized spacial score (nSPS) is 11.2. The number of rotatable bonds is 2. The van der Waals surface area contributed by atoms with E-state index in [1.807, 2.05) is 6.92 Å². The Morgan fingerprint density at radius 2 is 1.52 bits per heavy atom. The predicted octanol–water partition coefficient (Wildman–Crippen LogP) is 5.21. The second kappa shape index (κ2) is 6.32. The van der Waals surface area contributed by atoms with Crippen molar-refractivity contribution >= 4 is 6.16 Å². The Balaban J connectivity index is 2.22. The highest BCUT2D eigenvalue weighted by atomic mass is 19.4. The highest BCUT2D eigenvalue weighted by molar-refractivity contribution is 5.69. The molecule has 0 N–H and O–H groups in total. The lowest BCUT2D eigenvalue weighted by molar-refractivity contribution is -0.138. The quantitative estimate of drug-likeness (QED) is 0.562. The van der Waals surface area contributed by atoms with E-state index in [2.05, 4.69) is 0 Å². The number of carbonyl (C=O) groups is 1. The summed E-state index contributed by atoms with van der Waals surface area (Å²) in [5.74, 6) is -0.308. The topological polar surface area (TPSA) is 35.5 Å². The third-order valence-corrected chi connectivity index (χ3v) is 3.18. The summed E-state index contributed by atoms with van der Waals surface area (Å²) in [6, 6.07) is 8.08. The average Bonchev–Trinajstić information content (AvgIpc) is 2.42. The van der Waals surface area contributed by atoms with E-state index in [0.717, 1.165) is 17.7 Å². The van der Waals surface area contributed by atoms with Crippen LogP contribution in [0.5, 0.6) is 11.5 Å². The first-order chi connectivity index (χ1) is 10.7. The minimum Gasteiger partial charge on any atom is -0.394 e. The van der Waals surface area contributed by atoms with Gasteiger partial charge in [-0.05, 0) is 44.0 Å². The van der Waals surface area contributed by atoms with Crippen molar-refractivity contribution in [1.82, 2.24) is 0 Å². The van der Waals surface area contributed by atoms with Gasteiger partial charge in [-0.3, -0.25) is 0 Å². The van der Waals surface area contributed by atoms with Crippen molar-refractivity contribution in [3.63, 3.8) is 0 Å². The van der Waals surface area contributed by atoms with E-state index < -0.39 is 23.6 Å². The van der Waals surface area contributed by atoms with Crippen LogP contribution in [0.2, 0.25) is 0 Å². The molecule has 0 atom stereocenters. The molecule has 3 nitrogen and oxygen atoms in total. The molecule has 0 radical (unpaired) electrons. The van der Waals surface area contributed by atoms with Gasteiger partial charge in [0.15, 0.2) is 0 Å². The van der Waals surface area contributed by atoms with Crippen LogP contribution in [-0.4, -0.2) is 6.16 Å². The fourth-order valence-electron chi connectivity index (χ4n) is 2.31. The molecular weight excluding hydrogens is 309 g/mol. The maximum Gasteiger partial charge on any atom is 0.519 e. The Labute approximate surface area is 131 Å². The number of carbonyl (C=O) groups excluding carboxylic acids is 1. The van der Waals surface area contributed by atoms with Crippen LogP contribution in [0.1, 0.15) is 22.3 Å². The van der Waals surface area contributed by atoms with Crippen molar-refractivity contribution in [3.05, 3.63) is 58.7 Å². The van der Waals surface area contributed by atoms with Crippen LogP contribution in [0.25, 0.3) is 0 Å². The molecule has 0 heterocycles. The first-order valence-electron chi connectivity index (χ1n) is 6.82. The molecule has 0 amide bonds. The lowest BCUT2D eigenvalue weighted by Gasteiger charge is -2.14. The monoisotopic (exact) mass is 324 g/mol. The number of hydrogen-bond acceptors (Lipinski definition) is 3. The predicted molar refractivity (Wildman–Crippen MR) is 78.7 cm³/mol. The molecule has 0 saturated heterocycles. The standard InChI is InChI=1S/C17H15F3O3/c1-10-8-11(2)15(12(3)9-10)23-16(21)22-14-7-5-4-6-13(14)17(18,19)20/h4-9H,1-3H3. The molecule has 2 aromatic rings. The minimum atomic E-state index is -4.62. The van der Waals surface area contributed by atoms with Crippen molar-refractivity contribution in [3.8, 4) is 11.5 Å². The Morgan fingerprint density at radius 3 is 2.09 bits per heavy atom. The van der Waals surface area contributed by atoms with Crippen LogP contribution in [0.4, 0.5) is 18.0 Å². The lowest BCUT2D eigenvalue weighted by atomic mass is 10.1. The van der Waals surface area contributed by atoms with Crippen molar-refractivity contribution in [2.24, 2.45) is 0 Å². The number of alkyl halides is 3. The zero-order chi connectivity index (χ0) is 17.2. The van der Waals surface area contributed by atoms with Gasteiger partial charge in [0.05, 0.1) is 5.56 Å². The largest absolute Gasteiger partial charge is 0.519 e. The zero-order valence-electron chi connectivity index (χ0n) is 12.8. The summed E-state index contributed by atoms with van der Waals surface area (Å²) < 4.78 is 48.4. The third kappa shape index (κ3) is 4.03. The van der Waals surface area contributed by atoms with E-state index in [1.165, 1.54) is 12.1 Å². The first kappa shape index (κ1) is 16.9. The van der Waals surface area contributed by atoms with Gasteiger partial charge in [0.1, 0.15) is 11.5 Å². The summed E-state index contributed by atoms with van der Waals surface area (Å²) in [5.41, 5.74) is 1.35. The Kier molecular flexibility index (Phi) is 4.63. The average molecular weight is 324 g/mol. The SMILES string of the molecule is Cc1cc(C)c(OC(=O)Oc2ccccc2C(F)(F)F)c(C)c1. The maximum absolute atomic E-state index is 12.9. The van der Waals surface area contributed by atoms with E-state index in [4.69, 9.17) is 9.47 Å². The number of hydrogen-bond donors (Lipinski definition) is 0. The molecule has 122 valence electrons. The Morgan fingerprint density at radius 1 is 0.957 bits per heavy atom. The summed E-state index contributed by atoms with van der Waals surface area (Å²) in [6.45, 7) is 5.38. The molecule has 6 heteroatoms. The van der Waals surface area contributed by atoms with E-state index in [0.29, 0.717) is 11.1 Å². The van der Waals surface area contributed by atoms with Crippen LogP contribution >= 0.6 is 0 Å². The Bertz CT molecular complexity index is 713. The second-order valence-electron chi connectivity index (χ2n) is 5.18. The van der Waals surface area contributed by atoms with E-state index in [1.54, 1.807) is 26.0 Å². The van der Waals surface area contributed by atoms with Gasteiger partial charge in [-0.2, -0.15) is 13.2 Å². The maximum atomic E-state index is 12.9. The van der Waals surface area contributed by atoms with Gasteiger partial charge in [0, 0.05) is 0 Å². The molecule has 0 aliphatic carbocycles. The fraction of sp³-hybridized carbons (Fsp3) is 0.235. The fourth-order valence-corrected chi connectivity index (χ4v) is 2.31. The molecule has 0 unspecified atom stereocenters. The lowest BCUT2D eigenvalue weighted by Crippen LogP contribution is -2.18. The molecule has 23 heavy (non-hydrogen) atoms. The van der Waals surface area contributed by atoms with E-state index in [9.17, 15) is 18.0 Å². The van der Waals surface area contributed by atoms with Gasteiger partial charge < -0.3 is 9.47 Å². The number of halogens is 3. The van der Waals surface area contributed by atoms with Gasteiger partial charge in [-0.15, -0.1) is 0 Å². The van der Waals surface area contributed by atoms with Crippen molar-refractivity contribution in [2.75, 3.05) is 0 Å². The number of benzene rings is 2. The number of aryl methyl sites for hydroxylation is 3. The van der Waals surface area contributed by atoms with Crippen LogP contribution in [0, 0.1) is 20.8 Å². The molecule has 0 aliphatic heterocycles. The van der Waals surface area contributed by atoms with Gasteiger partial charge in [-0.25, -0.2) is 4.79 Å². The van der Waals surface area contributed by atoms with Crippen LogP contribution in [0.3, 0.4) is 0 Å². The van der Waals surface area contributed by atoms with Crippen molar-refractivity contribution in [1.29, 1.82) is 0 Å². The summed E-state index contributed by atoms with van der Waals surface area (Å²) in [5, 5.41) is 0. The molecule has 0 saturated carbocycles. The summed E-state index contributed by atoms with van der Waals surface area (Å²) in [6.07, 6.45) is -5.83. The number of ether oxygens (including phenoxy) is 2. The molecule has 2 rings (SSSR count). The highest BCUT2D eigenvalue weighted by Gasteiger charge is 2.34. The molecule has 0 aliphatic rings. The van der Waals surface area contributed by atoms with Gasteiger partial charge >= 0.3 is 12.3 Å². The van der Waals surface area contributed by atoms with Crippen molar-refractivity contribution < 1.29 is 27.4 Å². The van der Waals surface area contributed by atoms with Crippen LogP contribution in [-0.2, 0) is 6.18 Å². The summed E-state index contributed by atoms with van der Waals surface area (Å²) >= 11 is 0. The first-order valence-corrected chi connectivity index (χ1v) is 6.82. The van der Waals surface area contributed by atoms with E-state index >= 15 is 0 Å². The third-order valence-electron chi connectivity index (χ3n) is 3.18. The number of para-hydroxylation sites is 1. The molecule has 0 aromatic heterocycles. The highest BCUT2D eigenvalue weighted by Crippen LogP contribution is 2.36.